The van der Waals surface area contributed by atoms with Gasteiger partial charge in [0.15, 0.2) is 0 Å². The minimum Gasteiger partial charge on any atom is -0.478 e. The van der Waals surface area contributed by atoms with Crippen molar-refractivity contribution in [2.24, 2.45) is 0 Å². The van der Waals surface area contributed by atoms with Gasteiger partial charge in [0.1, 0.15) is 0 Å². The van der Waals surface area contributed by atoms with E-state index >= 15 is 0 Å². The first kappa shape index (κ1) is 12.1. The first-order valence-corrected chi connectivity index (χ1v) is 5.73. The van der Waals surface area contributed by atoms with Crippen molar-refractivity contribution >= 4 is 29.3 Å². The van der Waals surface area contributed by atoms with E-state index in [4.69, 9.17) is 16.7 Å². The van der Waals surface area contributed by atoms with Crippen molar-refractivity contribution in [3.63, 3.8) is 0 Å². The summed E-state index contributed by atoms with van der Waals surface area (Å²) < 4.78 is 0. The molecule has 2 nitrogen and oxygen atoms in total. The molecule has 0 amide bonds. The van der Waals surface area contributed by atoms with Gasteiger partial charge in [-0.1, -0.05) is 29.3 Å². The number of hydrogen-bond acceptors (Lipinski definition) is 2. The Morgan fingerprint density at radius 1 is 1.53 bits per heavy atom. The number of aliphatic carboxylic acids is 1. The highest BCUT2D eigenvalue weighted by atomic mass is 35.5. The van der Waals surface area contributed by atoms with Crippen LogP contribution >= 0.6 is 23.4 Å². The number of benzene rings is 1. The summed E-state index contributed by atoms with van der Waals surface area (Å²) in [4.78, 5) is 11.3. The van der Waals surface area contributed by atoms with Crippen LogP contribution < -0.4 is 0 Å². The van der Waals surface area contributed by atoms with Gasteiger partial charge in [-0.3, -0.25) is 0 Å². The van der Waals surface area contributed by atoms with Crippen LogP contribution in [-0.2, 0) is 4.79 Å². The summed E-state index contributed by atoms with van der Waals surface area (Å²) in [5, 5.41) is 9.22. The third kappa shape index (κ3) is 4.40. The average Bonchev–Trinajstić information content (AvgIpc) is 2.15. The number of thioether (sulfide) groups is 1. The standard InChI is InChI=1S/C11H11ClO2S/c1-8(6-11(13)14)7-15-10-5-3-2-4-9(10)12/h2-6H,7H2,1H3,(H,13,14). The fraction of sp³-hybridized carbons (Fsp3) is 0.182. The molecule has 1 aromatic rings. The Balaban J connectivity index is 2.58. The van der Waals surface area contributed by atoms with E-state index in [9.17, 15) is 4.79 Å². The summed E-state index contributed by atoms with van der Waals surface area (Å²) in [5.41, 5.74) is 0.812. The second-order valence-electron chi connectivity index (χ2n) is 3.05. The average molecular weight is 243 g/mol. The lowest BCUT2D eigenvalue weighted by Gasteiger charge is -2.03. The molecule has 0 aliphatic rings. The molecule has 1 rings (SSSR count). The first-order chi connectivity index (χ1) is 7.09. The zero-order chi connectivity index (χ0) is 11.3. The van der Waals surface area contributed by atoms with E-state index in [1.807, 2.05) is 24.3 Å². The van der Waals surface area contributed by atoms with E-state index in [2.05, 4.69) is 0 Å². The Morgan fingerprint density at radius 3 is 2.80 bits per heavy atom. The van der Waals surface area contributed by atoms with Gasteiger partial charge in [0.25, 0.3) is 0 Å². The number of hydrogen-bond donors (Lipinski definition) is 1. The molecule has 0 spiro atoms. The molecule has 0 atom stereocenters. The Kier molecular flexibility index (Phi) is 4.72. The highest BCUT2D eigenvalue weighted by Crippen LogP contribution is 2.27. The minimum atomic E-state index is -0.910. The lowest BCUT2D eigenvalue weighted by atomic mass is 10.3. The van der Waals surface area contributed by atoms with Gasteiger partial charge in [0.05, 0.1) is 5.02 Å². The van der Waals surface area contributed by atoms with Gasteiger partial charge < -0.3 is 5.11 Å². The van der Waals surface area contributed by atoms with Crippen LogP contribution in [0.4, 0.5) is 0 Å². The fourth-order valence-electron chi connectivity index (χ4n) is 1.01. The van der Waals surface area contributed by atoms with Gasteiger partial charge in [0, 0.05) is 16.7 Å². The number of carboxylic acid groups (broad SMARTS) is 1. The molecular formula is C11H11ClO2S. The van der Waals surface area contributed by atoms with E-state index in [1.165, 1.54) is 17.8 Å². The number of carbonyl (C=O) groups is 1. The van der Waals surface area contributed by atoms with Crippen LogP contribution in [0.2, 0.25) is 5.02 Å². The summed E-state index contributed by atoms with van der Waals surface area (Å²) in [6.45, 7) is 1.79. The van der Waals surface area contributed by atoms with Crippen LogP contribution in [0, 0.1) is 0 Å². The van der Waals surface area contributed by atoms with E-state index in [0.29, 0.717) is 10.8 Å². The largest absolute Gasteiger partial charge is 0.478 e. The summed E-state index contributed by atoms with van der Waals surface area (Å²) in [6.07, 6.45) is 1.21. The predicted octanol–water partition coefficient (Wildman–Crippen LogP) is 3.46. The number of halogens is 1. The van der Waals surface area contributed by atoms with Gasteiger partial charge in [-0.25, -0.2) is 4.79 Å². The van der Waals surface area contributed by atoms with Crippen molar-refractivity contribution in [3.05, 3.63) is 40.9 Å². The summed E-state index contributed by atoms with van der Waals surface area (Å²) in [6, 6.07) is 7.51. The Labute approximate surface area is 97.9 Å². The van der Waals surface area contributed by atoms with Crippen LogP contribution in [0.5, 0.6) is 0 Å². The summed E-state index contributed by atoms with van der Waals surface area (Å²) in [5.74, 6) is -0.275. The van der Waals surface area contributed by atoms with Crippen LogP contribution in [0.25, 0.3) is 0 Å². The first-order valence-electron chi connectivity index (χ1n) is 4.37. The van der Waals surface area contributed by atoms with Crippen molar-refractivity contribution in [1.82, 2.24) is 0 Å². The monoisotopic (exact) mass is 242 g/mol. The van der Waals surface area contributed by atoms with Crippen molar-refractivity contribution in [2.75, 3.05) is 5.75 Å². The quantitative estimate of drug-likeness (QED) is 0.649. The molecule has 0 aliphatic heterocycles. The molecule has 0 heterocycles. The molecule has 15 heavy (non-hydrogen) atoms. The molecule has 0 radical (unpaired) electrons. The molecule has 1 aromatic carbocycles. The van der Waals surface area contributed by atoms with E-state index in [1.54, 1.807) is 6.92 Å². The summed E-state index contributed by atoms with van der Waals surface area (Å²) >= 11 is 7.49. The molecule has 0 saturated heterocycles. The summed E-state index contributed by atoms with van der Waals surface area (Å²) in [7, 11) is 0. The number of carboxylic acids is 1. The molecular weight excluding hydrogens is 232 g/mol. The van der Waals surface area contributed by atoms with Gasteiger partial charge >= 0.3 is 5.97 Å². The Bertz CT molecular complexity index is 388. The zero-order valence-corrected chi connectivity index (χ0v) is 9.81. The molecule has 0 fully saturated rings. The predicted molar refractivity (Wildman–Crippen MR) is 63.6 cm³/mol. The van der Waals surface area contributed by atoms with Gasteiger partial charge in [-0.2, -0.15) is 0 Å². The maximum Gasteiger partial charge on any atom is 0.328 e. The highest BCUT2D eigenvalue weighted by molar-refractivity contribution is 7.99. The van der Waals surface area contributed by atoms with Crippen LogP contribution in [0.1, 0.15) is 6.92 Å². The van der Waals surface area contributed by atoms with Gasteiger partial charge in [0.2, 0.25) is 0 Å². The molecule has 0 aromatic heterocycles. The topological polar surface area (TPSA) is 37.3 Å². The van der Waals surface area contributed by atoms with Gasteiger partial charge in [-0.15, -0.1) is 11.8 Å². The Hall–Kier alpha value is -0.930. The fourth-order valence-corrected chi connectivity index (χ4v) is 2.15. The molecule has 0 unspecified atom stereocenters. The van der Waals surface area contributed by atoms with E-state index in [-0.39, 0.29) is 0 Å². The second-order valence-corrected chi connectivity index (χ2v) is 4.47. The molecule has 80 valence electrons. The molecule has 0 saturated carbocycles. The normalized spacial score (nSPS) is 11.5. The van der Waals surface area contributed by atoms with Crippen molar-refractivity contribution in [3.8, 4) is 0 Å². The van der Waals surface area contributed by atoms with E-state index < -0.39 is 5.97 Å². The van der Waals surface area contributed by atoms with E-state index in [0.717, 1.165) is 10.5 Å². The third-order valence-electron chi connectivity index (χ3n) is 1.66. The van der Waals surface area contributed by atoms with Crippen molar-refractivity contribution in [2.45, 2.75) is 11.8 Å². The second kappa shape index (κ2) is 5.83. The SMILES string of the molecule is CC(=CC(=O)O)CSc1ccccc1Cl. The smallest absolute Gasteiger partial charge is 0.328 e. The maximum absolute atomic E-state index is 10.4. The lowest BCUT2D eigenvalue weighted by Crippen LogP contribution is -1.91. The van der Waals surface area contributed by atoms with Gasteiger partial charge in [-0.05, 0) is 19.1 Å². The number of rotatable bonds is 4. The molecule has 4 heteroatoms. The van der Waals surface area contributed by atoms with Crippen molar-refractivity contribution in [1.29, 1.82) is 0 Å². The van der Waals surface area contributed by atoms with Crippen LogP contribution in [0.15, 0.2) is 40.8 Å². The minimum absolute atomic E-state index is 0.635. The Morgan fingerprint density at radius 2 is 2.20 bits per heavy atom. The molecule has 1 N–H and O–H groups in total. The maximum atomic E-state index is 10.4. The lowest BCUT2D eigenvalue weighted by molar-refractivity contribution is -0.131. The van der Waals surface area contributed by atoms with Crippen molar-refractivity contribution < 1.29 is 9.90 Å². The molecule has 0 aliphatic carbocycles. The van der Waals surface area contributed by atoms with Crippen LogP contribution in [-0.4, -0.2) is 16.8 Å². The van der Waals surface area contributed by atoms with Crippen LogP contribution in [0.3, 0.4) is 0 Å². The zero-order valence-electron chi connectivity index (χ0n) is 8.24. The highest BCUT2D eigenvalue weighted by Gasteiger charge is 2.00. The third-order valence-corrected chi connectivity index (χ3v) is 3.37. The molecule has 0 bridgehead atoms.